The number of nitrogens with zero attached hydrogens (tertiary/aromatic N) is 3. The van der Waals surface area contributed by atoms with Gasteiger partial charge in [-0.3, -0.25) is 14.9 Å². The molecule has 0 aliphatic heterocycles. The second-order valence-electron chi connectivity index (χ2n) is 5.38. The van der Waals surface area contributed by atoms with E-state index in [2.05, 4.69) is 10.3 Å². The molecule has 1 heterocycles. The van der Waals surface area contributed by atoms with Crippen LogP contribution < -0.4 is 5.32 Å². The predicted octanol–water partition coefficient (Wildman–Crippen LogP) is 4.14. The van der Waals surface area contributed by atoms with E-state index in [0.29, 0.717) is 5.69 Å². The van der Waals surface area contributed by atoms with E-state index in [1.165, 1.54) is 30.0 Å². The molecule has 0 unspecified atom stereocenters. The summed E-state index contributed by atoms with van der Waals surface area (Å²) >= 11 is 7.32. The molecule has 9 heteroatoms. The molecule has 0 bridgehead atoms. The third-order valence-electron chi connectivity index (χ3n) is 3.26. The molecule has 0 aliphatic carbocycles. The first-order valence-corrected chi connectivity index (χ1v) is 8.49. The minimum Gasteiger partial charge on any atom is -0.324 e. The van der Waals surface area contributed by atoms with Gasteiger partial charge in [-0.2, -0.15) is 0 Å². The van der Waals surface area contributed by atoms with Crippen molar-refractivity contribution in [3.05, 3.63) is 45.7 Å². The topological polar surface area (TPSA) is 90.1 Å². The Hall–Kier alpha value is -2.06. The molecule has 1 aromatic heterocycles. The number of benzene rings is 1. The van der Waals surface area contributed by atoms with Gasteiger partial charge in [0.1, 0.15) is 0 Å². The number of halogens is 1. The maximum Gasteiger partial charge on any atom is 0.271 e. The van der Waals surface area contributed by atoms with Gasteiger partial charge in [0, 0.05) is 30.6 Å². The minimum absolute atomic E-state index is 0.124. The third-order valence-corrected chi connectivity index (χ3v) is 4.67. The first-order chi connectivity index (χ1) is 11.3. The minimum atomic E-state index is -0.540. The molecule has 7 nitrogen and oxygen atoms in total. The normalized spacial score (nSPS) is 12.2. The van der Waals surface area contributed by atoms with Crippen LogP contribution in [0.4, 0.5) is 11.4 Å². The van der Waals surface area contributed by atoms with E-state index in [1.807, 2.05) is 24.6 Å². The van der Waals surface area contributed by atoms with Crippen molar-refractivity contribution in [1.82, 2.24) is 9.55 Å². The number of aromatic nitrogens is 2. The number of nitrogens with one attached hydrogen (secondary N) is 1. The van der Waals surface area contributed by atoms with Crippen molar-refractivity contribution < 1.29 is 9.72 Å². The second-order valence-corrected chi connectivity index (χ2v) is 7.10. The standard InChI is InChI=1S/C15H17ClN4O3S/c1-9(2)19-7-6-17-15(19)24-10(3)14(21)18-13-5-4-11(20(22)23)8-12(13)16/h4-10H,1-3H3,(H,18,21)/t10-/m0/s1. The molecule has 2 rings (SSSR count). The Labute approximate surface area is 148 Å². The Balaban J connectivity index is 2.06. The maximum atomic E-state index is 12.3. The van der Waals surface area contributed by atoms with Crippen LogP contribution in [0, 0.1) is 10.1 Å². The monoisotopic (exact) mass is 368 g/mol. The average molecular weight is 369 g/mol. The van der Waals surface area contributed by atoms with Crippen molar-refractivity contribution in [2.45, 2.75) is 37.2 Å². The predicted molar refractivity (Wildman–Crippen MR) is 94.7 cm³/mol. The van der Waals surface area contributed by atoms with Crippen LogP contribution in [0.25, 0.3) is 0 Å². The second kappa shape index (κ2) is 7.67. The van der Waals surface area contributed by atoms with Gasteiger partial charge in [0.25, 0.3) is 5.69 Å². The summed E-state index contributed by atoms with van der Waals surface area (Å²) in [6, 6.07) is 4.17. The Morgan fingerprint density at radius 1 is 1.42 bits per heavy atom. The summed E-state index contributed by atoms with van der Waals surface area (Å²) in [5, 5.41) is 13.9. The van der Waals surface area contributed by atoms with Crippen molar-refractivity contribution in [1.29, 1.82) is 0 Å². The molecule has 2 aromatic rings. The molecule has 1 amide bonds. The van der Waals surface area contributed by atoms with E-state index >= 15 is 0 Å². The summed E-state index contributed by atoms with van der Waals surface area (Å²) in [7, 11) is 0. The smallest absolute Gasteiger partial charge is 0.271 e. The molecular formula is C15H17ClN4O3S. The van der Waals surface area contributed by atoms with Crippen LogP contribution in [0.1, 0.15) is 26.8 Å². The van der Waals surface area contributed by atoms with Gasteiger partial charge in [-0.05, 0) is 26.8 Å². The number of non-ortho nitro benzene ring substituents is 1. The molecule has 1 aromatic carbocycles. The van der Waals surface area contributed by atoms with Gasteiger partial charge in [0.05, 0.1) is 20.9 Å². The summed E-state index contributed by atoms with van der Waals surface area (Å²) in [5.41, 5.74) is 0.214. The zero-order valence-electron chi connectivity index (χ0n) is 13.4. The van der Waals surface area contributed by atoms with E-state index in [9.17, 15) is 14.9 Å². The molecule has 0 aliphatic rings. The van der Waals surface area contributed by atoms with Gasteiger partial charge >= 0.3 is 0 Å². The number of nitro groups is 1. The van der Waals surface area contributed by atoms with E-state index < -0.39 is 10.2 Å². The Morgan fingerprint density at radius 3 is 2.71 bits per heavy atom. The number of imidazole rings is 1. The lowest BCUT2D eigenvalue weighted by Crippen LogP contribution is -2.23. The highest BCUT2D eigenvalue weighted by atomic mass is 35.5. The van der Waals surface area contributed by atoms with E-state index in [1.54, 1.807) is 13.1 Å². The molecule has 0 saturated heterocycles. The highest BCUT2D eigenvalue weighted by molar-refractivity contribution is 8.00. The fourth-order valence-corrected chi connectivity index (χ4v) is 3.17. The van der Waals surface area contributed by atoms with Crippen LogP contribution in [0.2, 0.25) is 5.02 Å². The zero-order chi connectivity index (χ0) is 17.9. The van der Waals surface area contributed by atoms with Crippen LogP contribution in [0.3, 0.4) is 0 Å². The number of amides is 1. The molecule has 0 saturated carbocycles. The van der Waals surface area contributed by atoms with Crippen molar-refractivity contribution in [3.8, 4) is 0 Å². The quantitative estimate of drug-likeness (QED) is 0.470. The SMILES string of the molecule is CC(C)n1ccnc1S[C@@H](C)C(=O)Nc1ccc([N+](=O)[O-])cc1Cl. The number of thioether (sulfide) groups is 1. The van der Waals surface area contributed by atoms with Crippen molar-refractivity contribution >= 4 is 40.6 Å². The number of rotatable bonds is 6. The summed E-state index contributed by atoms with van der Waals surface area (Å²) in [6.45, 7) is 5.83. The van der Waals surface area contributed by atoms with Crippen LogP contribution in [-0.2, 0) is 4.79 Å². The number of hydrogen-bond acceptors (Lipinski definition) is 5. The first kappa shape index (κ1) is 18.3. The summed E-state index contributed by atoms with van der Waals surface area (Å²) in [6.07, 6.45) is 3.56. The Bertz CT molecular complexity index is 763. The third kappa shape index (κ3) is 4.27. The van der Waals surface area contributed by atoms with E-state index in [-0.39, 0.29) is 22.7 Å². The van der Waals surface area contributed by atoms with Crippen molar-refractivity contribution in [2.75, 3.05) is 5.32 Å². The molecule has 1 atom stereocenters. The van der Waals surface area contributed by atoms with Crippen LogP contribution in [-0.4, -0.2) is 25.6 Å². The lowest BCUT2D eigenvalue weighted by atomic mass is 10.2. The fraction of sp³-hybridized carbons (Fsp3) is 0.333. The molecular weight excluding hydrogens is 352 g/mol. The Kier molecular flexibility index (Phi) is 5.84. The summed E-state index contributed by atoms with van der Waals surface area (Å²) in [5.74, 6) is -0.256. The molecule has 0 fully saturated rings. The Morgan fingerprint density at radius 2 is 2.12 bits per heavy atom. The molecule has 128 valence electrons. The average Bonchev–Trinajstić information content (AvgIpc) is 2.97. The largest absolute Gasteiger partial charge is 0.324 e. The van der Waals surface area contributed by atoms with Crippen LogP contribution >= 0.6 is 23.4 Å². The van der Waals surface area contributed by atoms with E-state index in [4.69, 9.17) is 11.6 Å². The highest BCUT2D eigenvalue weighted by Crippen LogP contribution is 2.29. The van der Waals surface area contributed by atoms with Crippen LogP contribution in [0.15, 0.2) is 35.7 Å². The number of anilines is 1. The lowest BCUT2D eigenvalue weighted by molar-refractivity contribution is -0.384. The zero-order valence-corrected chi connectivity index (χ0v) is 15.0. The van der Waals surface area contributed by atoms with Crippen molar-refractivity contribution in [3.63, 3.8) is 0 Å². The van der Waals surface area contributed by atoms with Gasteiger partial charge in [-0.1, -0.05) is 23.4 Å². The van der Waals surface area contributed by atoms with Crippen LogP contribution in [0.5, 0.6) is 0 Å². The highest BCUT2D eigenvalue weighted by Gasteiger charge is 2.19. The maximum absolute atomic E-state index is 12.3. The lowest BCUT2D eigenvalue weighted by Gasteiger charge is -2.15. The molecule has 24 heavy (non-hydrogen) atoms. The van der Waals surface area contributed by atoms with Gasteiger partial charge < -0.3 is 9.88 Å². The fourth-order valence-electron chi connectivity index (χ4n) is 1.95. The number of hydrogen-bond donors (Lipinski definition) is 1. The molecule has 1 N–H and O–H groups in total. The number of nitro benzene ring substituents is 1. The van der Waals surface area contributed by atoms with Gasteiger partial charge in [-0.15, -0.1) is 0 Å². The van der Waals surface area contributed by atoms with Gasteiger partial charge in [-0.25, -0.2) is 4.98 Å². The number of carbonyl (C=O) groups is 1. The molecule has 0 radical (unpaired) electrons. The first-order valence-electron chi connectivity index (χ1n) is 7.24. The summed E-state index contributed by atoms with van der Waals surface area (Å²) < 4.78 is 1.98. The van der Waals surface area contributed by atoms with E-state index in [0.717, 1.165) is 5.16 Å². The summed E-state index contributed by atoms with van der Waals surface area (Å²) in [4.78, 5) is 26.8. The van der Waals surface area contributed by atoms with Gasteiger partial charge in [0.15, 0.2) is 5.16 Å². The molecule has 0 spiro atoms. The van der Waals surface area contributed by atoms with Crippen molar-refractivity contribution in [2.24, 2.45) is 0 Å². The van der Waals surface area contributed by atoms with Gasteiger partial charge in [0.2, 0.25) is 5.91 Å². The number of carbonyl (C=O) groups excluding carboxylic acids is 1.